The van der Waals surface area contributed by atoms with E-state index in [2.05, 4.69) is 0 Å². The van der Waals surface area contributed by atoms with Crippen LogP contribution in [0, 0.1) is 11.6 Å². The Kier molecular flexibility index (Phi) is 24.4. The van der Waals surface area contributed by atoms with E-state index in [-0.39, 0.29) is 0 Å². The van der Waals surface area contributed by atoms with Crippen molar-refractivity contribution in [1.29, 1.82) is 0 Å². The Hall–Kier alpha value is -6.32. The van der Waals surface area contributed by atoms with Crippen LogP contribution in [-0.2, 0) is 76.3 Å². The Morgan fingerprint density at radius 1 is 0.485 bits per heavy atom. The standard InChI is InChI=1S/2C19H25FN2O10S/c2*1-6-33-18(22-7-13(20)17(27)21-19(22)28)16(32-12(5)26)15(31-11(4)25)14(30-10(3)24)8-29-9(2)23/h2*7,14-16,18H,6,8H2,1-5H3,(H,21,27,28). The van der Waals surface area contributed by atoms with Gasteiger partial charge in [-0.3, -0.25) is 67.0 Å². The molecule has 24 nitrogen and oxygen atoms in total. The highest BCUT2D eigenvalue weighted by molar-refractivity contribution is 7.99. The fourth-order valence-electron chi connectivity index (χ4n) is 5.58. The summed E-state index contributed by atoms with van der Waals surface area (Å²) in [5.41, 5.74) is -4.58. The second kappa shape index (κ2) is 27.9. The monoisotopic (exact) mass is 984 g/mol. The smallest absolute Gasteiger partial charge is 0.329 e. The van der Waals surface area contributed by atoms with Crippen LogP contribution in [0.4, 0.5) is 8.78 Å². The van der Waals surface area contributed by atoms with Crippen molar-refractivity contribution in [3.05, 3.63) is 65.7 Å². The number of thioether (sulfide) groups is 2. The molecule has 0 aliphatic carbocycles. The van der Waals surface area contributed by atoms with Crippen LogP contribution in [0.25, 0.3) is 0 Å². The summed E-state index contributed by atoms with van der Waals surface area (Å²) in [6.45, 7) is 10.6. The molecule has 8 atom stereocenters. The second-order valence-electron chi connectivity index (χ2n) is 13.2. The molecule has 8 unspecified atom stereocenters. The Labute approximate surface area is 381 Å². The highest BCUT2D eigenvalue weighted by atomic mass is 32.2. The van der Waals surface area contributed by atoms with E-state index >= 15 is 0 Å². The van der Waals surface area contributed by atoms with Gasteiger partial charge in [-0.2, -0.15) is 8.78 Å². The maximum Gasteiger partial charge on any atom is 0.329 e. The van der Waals surface area contributed by atoms with Gasteiger partial charge < -0.3 is 37.9 Å². The predicted molar refractivity (Wildman–Crippen MR) is 223 cm³/mol. The Bertz CT molecular complexity index is 2140. The molecule has 0 aliphatic rings. The molecule has 0 bridgehead atoms. The molecule has 0 saturated heterocycles. The molecule has 0 aromatic carbocycles. The van der Waals surface area contributed by atoms with Crippen LogP contribution >= 0.6 is 23.5 Å². The number of aromatic amines is 2. The number of esters is 8. The third-order valence-corrected chi connectivity index (χ3v) is 10.1. The number of ether oxygens (including phenoxy) is 8. The average Bonchev–Trinajstić information content (AvgIpc) is 3.18. The van der Waals surface area contributed by atoms with Crippen molar-refractivity contribution in [3.8, 4) is 0 Å². The van der Waals surface area contributed by atoms with Crippen molar-refractivity contribution in [2.45, 2.75) is 117 Å². The van der Waals surface area contributed by atoms with Crippen LogP contribution in [0.2, 0.25) is 0 Å². The van der Waals surface area contributed by atoms with Gasteiger partial charge in [0.05, 0.1) is 12.4 Å². The highest BCUT2D eigenvalue weighted by Crippen LogP contribution is 2.34. The molecule has 0 spiro atoms. The summed E-state index contributed by atoms with van der Waals surface area (Å²) in [6.07, 6.45) is -7.93. The molecule has 0 radical (unpaired) electrons. The lowest BCUT2D eigenvalue weighted by Crippen LogP contribution is -2.51. The summed E-state index contributed by atoms with van der Waals surface area (Å²) >= 11 is 1.96. The molecule has 66 heavy (non-hydrogen) atoms. The third kappa shape index (κ3) is 19.4. The minimum atomic E-state index is -1.58. The van der Waals surface area contributed by atoms with Gasteiger partial charge in [-0.15, -0.1) is 23.5 Å². The molecule has 2 N–H and O–H groups in total. The molecule has 2 aromatic rings. The number of H-pyrrole nitrogens is 2. The van der Waals surface area contributed by atoms with Crippen molar-refractivity contribution in [2.75, 3.05) is 24.7 Å². The number of hydrogen-bond acceptors (Lipinski definition) is 22. The van der Waals surface area contributed by atoms with Gasteiger partial charge in [-0.1, -0.05) is 13.8 Å². The van der Waals surface area contributed by atoms with Crippen molar-refractivity contribution in [3.63, 3.8) is 0 Å². The molecule has 2 heterocycles. The Morgan fingerprint density at radius 3 is 1.00 bits per heavy atom. The fraction of sp³-hybridized carbons (Fsp3) is 0.579. The lowest BCUT2D eigenvalue weighted by atomic mass is 10.1. The first-order chi connectivity index (χ1) is 30.7. The summed E-state index contributed by atoms with van der Waals surface area (Å²) < 4.78 is 70.8. The lowest BCUT2D eigenvalue weighted by molar-refractivity contribution is -0.190. The number of aromatic nitrogens is 4. The number of nitrogens with one attached hydrogen (secondary N) is 2. The molecule has 2 aromatic heterocycles. The van der Waals surface area contributed by atoms with E-state index < -0.39 is 142 Å². The molecular formula is C38H50F2N4O20S2. The zero-order valence-electron chi connectivity index (χ0n) is 37.2. The van der Waals surface area contributed by atoms with Gasteiger partial charge in [-0.05, 0) is 11.5 Å². The molecule has 0 aliphatic heterocycles. The van der Waals surface area contributed by atoms with Crippen LogP contribution in [0.1, 0.15) is 80.0 Å². The molecule has 2 rings (SSSR count). The van der Waals surface area contributed by atoms with Crippen LogP contribution in [0.3, 0.4) is 0 Å². The highest BCUT2D eigenvalue weighted by Gasteiger charge is 2.45. The largest absolute Gasteiger partial charge is 0.462 e. The Morgan fingerprint density at radius 2 is 0.758 bits per heavy atom. The normalized spacial score (nSPS) is 14.4. The number of nitrogens with zero attached hydrogens (tertiary/aromatic N) is 2. The van der Waals surface area contributed by atoms with Gasteiger partial charge in [0.15, 0.2) is 36.6 Å². The van der Waals surface area contributed by atoms with Crippen molar-refractivity contribution < 1.29 is 85.0 Å². The maximum absolute atomic E-state index is 14.0. The first-order valence-electron chi connectivity index (χ1n) is 19.3. The second-order valence-corrected chi connectivity index (χ2v) is 16.0. The van der Waals surface area contributed by atoms with Gasteiger partial charge in [0, 0.05) is 55.4 Å². The SMILES string of the molecule is CCSC(C(OC(C)=O)C(OC(C)=O)C(COC(C)=O)OC(C)=O)n1cc(F)c(=O)[nH]c1=O.CCSC(C(OC(C)=O)C(OC(C)=O)C(COC(C)=O)OC(C)=O)n1cc(F)c(=O)[nH]c1=O. The van der Waals surface area contributed by atoms with Crippen LogP contribution < -0.4 is 22.5 Å². The quantitative estimate of drug-likeness (QED) is 0.120. The van der Waals surface area contributed by atoms with Crippen LogP contribution in [0.15, 0.2) is 31.6 Å². The summed E-state index contributed by atoms with van der Waals surface area (Å²) in [5.74, 6) is -8.64. The first-order valence-corrected chi connectivity index (χ1v) is 21.4. The minimum Gasteiger partial charge on any atom is -0.462 e. The summed E-state index contributed by atoms with van der Waals surface area (Å²) in [5, 5.41) is -2.50. The summed E-state index contributed by atoms with van der Waals surface area (Å²) in [7, 11) is 0. The molecule has 0 fully saturated rings. The minimum absolute atomic E-state index is 0.296. The molecular weight excluding hydrogens is 935 g/mol. The molecule has 0 amide bonds. The molecule has 0 saturated carbocycles. The maximum atomic E-state index is 14.0. The van der Waals surface area contributed by atoms with Crippen molar-refractivity contribution in [1.82, 2.24) is 19.1 Å². The average molecular weight is 985 g/mol. The Balaban J connectivity index is 0.000000660. The van der Waals surface area contributed by atoms with Crippen molar-refractivity contribution in [2.24, 2.45) is 0 Å². The van der Waals surface area contributed by atoms with Crippen molar-refractivity contribution >= 4 is 71.3 Å². The lowest BCUT2D eigenvalue weighted by Gasteiger charge is -2.36. The van der Waals surface area contributed by atoms with Crippen LogP contribution in [0.5, 0.6) is 0 Å². The van der Waals surface area contributed by atoms with E-state index in [1.165, 1.54) is 0 Å². The number of carbonyl (C=O) groups is 8. The summed E-state index contributed by atoms with van der Waals surface area (Å²) in [6, 6.07) is 0. The first kappa shape index (κ1) is 57.7. The zero-order valence-corrected chi connectivity index (χ0v) is 38.9. The zero-order chi connectivity index (χ0) is 50.6. The number of hydrogen-bond donors (Lipinski definition) is 2. The number of rotatable bonds is 22. The van der Waals surface area contributed by atoms with E-state index in [1.807, 2.05) is 0 Å². The van der Waals surface area contributed by atoms with Gasteiger partial charge in [0.2, 0.25) is 11.6 Å². The van der Waals surface area contributed by atoms with Gasteiger partial charge in [0.25, 0.3) is 11.1 Å². The fourth-order valence-corrected chi connectivity index (χ4v) is 7.69. The van der Waals surface area contributed by atoms with Gasteiger partial charge in [-0.25, -0.2) is 9.59 Å². The topological polar surface area (TPSA) is 320 Å². The van der Waals surface area contributed by atoms with E-state index in [4.69, 9.17) is 37.9 Å². The van der Waals surface area contributed by atoms with E-state index in [1.54, 1.807) is 23.8 Å². The van der Waals surface area contributed by atoms with E-state index in [9.17, 15) is 66.3 Å². The van der Waals surface area contributed by atoms with E-state index in [0.717, 1.165) is 88.0 Å². The van der Waals surface area contributed by atoms with Gasteiger partial charge >= 0.3 is 59.1 Å². The predicted octanol–water partition coefficient (Wildman–Crippen LogP) is 0.571. The van der Waals surface area contributed by atoms with Gasteiger partial charge in [0.1, 0.15) is 24.0 Å². The van der Waals surface area contributed by atoms with E-state index in [0.29, 0.717) is 23.9 Å². The third-order valence-electron chi connectivity index (χ3n) is 7.76. The summed E-state index contributed by atoms with van der Waals surface area (Å²) in [4.78, 5) is 145. The molecule has 368 valence electrons. The van der Waals surface area contributed by atoms with Crippen LogP contribution in [-0.4, -0.2) is 128 Å². The number of halogens is 2. The molecule has 28 heteroatoms. The number of carbonyl (C=O) groups excluding carboxylic acids is 8.